The minimum Gasteiger partial charge on any atom is -0.258 e. The molecule has 0 N–H and O–H groups in total. The lowest BCUT2D eigenvalue weighted by Gasteiger charge is -2.12. The fourth-order valence-corrected chi connectivity index (χ4v) is 3.71. The number of nitrogens with zero attached hydrogens (tertiary/aromatic N) is 1. The number of hydrogen-bond acceptors (Lipinski definition) is 1. The summed E-state index contributed by atoms with van der Waals surface area (Å²) in [5.74, 6) is 0. The Kier molecular flexibility index (Phi) is 4.60. The Labute approximate surface area is 161 Å². The minimum absolute atomic E-state index is 0.970. The number of rotatable bonds is 4. The first-order valence-corrected chi connectivity index (χ1v) is 9.32. The molecule has 0 amide bonds. The van der Waals surface area contributed by atoms with Crippen LogP contribution in [0.25, 0.3) is 22.4 Å². The molecule has 132 valence electrons. The zero-order valence-corrected chi connectivity index (χ0v) is 15.9. The molecule has 0 atom stereocenters. The van der Waals surface area contributed by atoms with Gasteiger partial charge >= 0.3 is 0 Å². The van der Waals surface area contributed by atoms with Crippen molar-refractivity contribution in [3.05, 3.63) is 108 Å². The minimum atomic E-state index is 0.970. The summed E-state index contributed by atoms with van der Waals surface area (Å²) in [7, 11) is 0. The highest BCUT2D eigenvalue weighted by atomic mass is 14.8. The fourth-order valence-electron chi connectivity index (χ4n) is 3.71. The van der Waals surface area contributed by atoms with Gasteiger partial charge in [-0.15, -0.1) is 0 Å². The Morgan fingerprint density at radius 2 is 1.56 bits per heavy atom. The molecular weight excluding hydrogens is 326 g/mol. The average Bonchev–Trinajstić information content (AvgIpc) is 3.06. The SMILES string of the molecule is C=C(/C=C(\N=C(C)C)c1cccc2c1-c1ccccc1C2)c1ccccc1. The van der Waals surface area contributed by atoms with Crippen LogP contribution >= 0.6 is 0 Å². The molecule has 0 aliphatic heterocycles. The molecular formula is C26H23N. The van der Waals surface area contributed by atoms with Gasteiger partial charge in [0.15, 0.2) is 0 Å². The highest BCUT2D eigenvalue weighted by Gasteiger charge is 2.22. The first-order chi connectivity index (χ1) is 13.1. The number of benzene rings is 3. The van der Waals surface area contributed by atoms with Gasteiger partial charge in [0.1, 0.15) is 0 Å². The molecule has 0 bridgehead atoms. The van der Waals surface area contributed by atoms with E-state index >= 15 is 0 Å². The molecule has 0 saturated carbocycles. The van der Waals surface area contributed by atoms with Gasteiger partial charge < -0.3 is 0 Å². The highest BCUT2D eigenvalue weighted by molar-refractivity contribution is 5.95. The quantitative estimate of drug-likeness (QED) is 0.284. The zero-order chi connectivity index (χ0) is 18.8. The van der Waals surface area contributed by atoms with Crippen molar-refractivity contribution in [3.8, 4) is 11.1 Å². The van der Waals surface area contributed by atoms with Gasteiger partial charge in [0, 0.05) is 11.3 Å². The molecule has 1 aliphatic rings. The average molecular weight is 349 g/mol. The summed E-state index contributed by atoms with van der Waals surface area (Å²) in [6.07, 6.45) is 3.10. The van der Waals surface area contributed by atoms with E-state index in [4.69, 9.17) is 4.99 Å². The lowest BCUT2D eigenvalue weighted by molar-refractivity contribution is 1.26. The number of fused-ring (bicyclic) bond motifs is 3. The van der Waals surface area contributed by atoms with Crippen molar-refractivity contribution in [3.63, 3.8) is 0 Å². The van der Waals surface area contributed by atoms with Crippen molar-refractivity contribution in [2.45, 2.75) is 20.3 Å². The van der Waals surface area contributed by atoms with E-state index in [0.29, 0.717) is 0 Å². The van der Waals surface area contributed by atoms with E-state index in [1.165, 1.54) is 27.8 Å². The van der Waals surface area contributed by atoms with E-state index in [9.17, 15) is 0 Å². The Balaban J connectivity index is 1.87. The van der Waals surface area contributed by atoms with Crippen molar-refractivity contribution in [2.75, 3.05) is 0 Å². The Hall–Kier alpha value is -3.19. The van der Waals surface area contributed by atoms with Gasteiger partial charge in [-0.1, -0.05) is 79.4 Å². The summed E-state index contributed by atoms with van der Waals surface area (Å²) >= 11 is 0. The maximum atomic E-state index is 4.88. The van der Waals surface area contributed by atoms with E-state index in [2.05, 4.69) is 67.3 Å². The Morgan fingerprint density at radius 1 is 0.852 bits per heavy atom. The second-order valence-corrected chi connectivity index (χ2v) is 7.15. The van der Waals surface area contributed by atoms with E-state index < -0.39 is 0 Å². The van der Waals surface area contributed by atoms with Crippen LogP contribution in [0.1, 0.15) is 36.1 Å². The van der Waals surface area contributed by atoms with Crippen LogP contribution in [0.15, 0.2) is 90.4 Å². The third-order valence-electron chi connectivity index (χ3n) is 4.89. The van der Waals surface area contributed by atoms with Crippen LogP contribution in [0.3, 0.4) is 0 Å². The summed E-state index contributed by atoms with van der Waals surface area (Å²) < 4.78 is 0. The van der Waals surface area contributed by atoms with Crippen molar-refractivity contribution >= 4 is 17.0 Å². The van der Waals surface area contributed by atoms with Crippen LogP contribution in [-0.4, -0.2) is 5.71 Å². The van der Waals surface area contributed by atoms with Crippen LogP contribution in [0.2, 0.25) is 0 Å². The van der Waals surface area contributed by atoms with Gasteiger partial charge in [0.25, 0.3) is 0 Å². The molecule has 1 aliphatic carbocycles. The third kappa shape index (κ3) is 3.41. The predicted octanol–water partition coefficient (Wildman–Crippen LogP) is 6.79. The molecule has 0 aromatic heterocycles. The molecule has 0 fully saturated rings. The lowest BCUT2D eigenvalue weighted by Crippen LogP contribution is -1.92. The van der Waals surface area contributed by atoms with Crippen LogP contribution in [0.4, 0.5) is 0 Å². The van der Waals surface area contributed by atoms with Gasteiger partial charge in [0.05, 0.1) is 5.70 Å². The lowest BCUT2D eigenvalue weighted by atomic mass is 9.95. The van der Waals surface area contributed by atoms with Crippen LogP contribution in [0, 0.1) is 0 Å². The highest BCUT2D eigenvalue weighted by Crippen LogP contribution is 2.41. The van der Waals surface area contributed by atoms with E-state index in [1.807, 2.05) is 32.0 Å². The maximum absolute atomic E-state index is 4.88. The first-order valence-electron chi connectivity index (χ1n) is 9.32. The number of hydrogen-bond donors (Lipinski definition) is 0. The summed E-state index contributed by atoms with van der Waals surface area (Å²) in [4.78, 5) is 4.88. The fraction of sp³-hybridized carbons (Fsp3) is 0.115. The zero-order valence-electron chi connectivity index (χ0n) is 15.9. The van der Waals surface area contributed by atoms with Gasteiger partial charge in [0.2, 0.25) is 0 Å². The van der Waals surface area contributed by atoms with Crippen molar-refractivity contribution < 1.29 is 0 Å². The molecule has 1 nitrogen and oxygen atoms in total. The monoisotopic (exact) mass is 349 g/mol. The predicted molar refractivity (Wildman–Crippen MR) is 117 cm³/mol. The number of aliphatic imine (C=N–C) groups is 1. The van der Waals surface area contributed by atoms with Gasteiger partial charge in [-0.2, -0.15) is 0 Å². The van der Waals surface area contributed by atoms with Crippen molar-refractivity contribution in [1.29, 1.82) is 0 Å². The summed E-state index contributed by atoms with van der Waals surface area (Å²) in [6, 6.07) is 25.5. The molecule has 3 aromatic carbocycles. The van der Waals surface area contributed by atoms with Crippen LogP contribution in [0.5, 0.6) is 0 Å². The summed E-state index contributed by atoms with van der Waals surface area (Å²) in [6.45, 7) is 8.37. The van der Waals surface area contributed by atoms with E-state index in [0.717, 1.165) is 29.0 Å². The molecule has 0 unspecified atom stereocenters. The van der Waals surface area contributed by atoms with Gasteiger partial charge in [-0.25, -0.2) is 0 Å². The smallest absolute Gasteiger partial charge is 0.0713 e. The van der Waals surface area contributed by atoms with Gasteiger partial charge in [-0.3, -0.25) is 4.99 Å². The van der Waals surface area contributed by atoms with Gasteiger partial charge in [-0.05, 0) is 59.7 Å². The number of allylic oxidation sites excluding steroid dienone is 2. The third-order valence-corrected chi connectivity index (χ3v) is 4.89. The Bertz CT molecular complexity index is 1060. The van der Waals surface area contributed by atoms with E-state index in [-0.39, 0.29) is 0 Å². The van der Waals surface area contributed by atoms with Crippen molar-refractivity contribution in [2.24, 2.45) is 4.99 Å². The Morgan fingerprint density at radius 3 is 2.33 bits per heavy atom. The van der Waals surface area contributed by atoms with E-state index in [1.54, 1.807) is 0 Å². The molecule has 4 rings (SSSR count). The topological polar surface area (TPSA) is 12.4 Å². The summed E-state index contributed by atoms with van der Waals surface area (Å²) in [5, 5.41) is 0. The standard InChI is InChI=1S/C26H23N/c1-18(2)27-25(16-19(3)20-10-5-4-6-11-20)24-15-9-13-22-17-21-12-7-8-14-23(21)26(22)24/h4-16H,3,17H2,1-2H3/b25-16-. The molecule has 27 heavy (non-hydrogen) atoms. The molecule has 3 aromatic rings. The molecule has 0 heterocycles. The molecule has 0 saturated heterocycles. The molecule has 0 radical (unpaired) electrons. The van der Waals surface area contributed by atoms with Crippen LogP contribution < -0.4 is 0 Å². The second kappa shape index (κ2) is 7.20. The maximum Gasteiger partial charge on any atom is 0.0713 e. The largest absolute Gasteiger partial charge is 0.258 e. The first kappa shape index (κ1) is 17.2. The molecule has 1 heteroatoms. The van der Waals surface area contributed by atoms with Crippen molar-refractivity contribution in [1.82, 2.24) is 0 Å². The molecule has 0 spiro atoms. The second-order valence-electron chi connectivity index (χ2n) is 7.15. The van der Waals surface area contributed by atoms with Crippen LogP contribution in [-0.2, 0) is 6.42 Å². The normalized spacial score (nSPS) is 12.3. The summed E-state index contributed by atoms with van der Waals surface area (Å²) in [5.41, 5.74) is 10.7.